The van der Waals surface area contributed by atoms with Gasteiger partial charge in [0.1, 0.15) is 22.0 Å². The zero-order valence-corrected chi connectivity index (χ0v) is 21.5. The highest BCUT2D eigenvalue weighted by Gasteiger charge is 2.20. The van der Waals surface area contributed by atoms with Crippen molar-refractivity contribution in [1.29, 1.82) is 0 Å². The molecule has 4 aromatic rings. The third kappa shape index (κ3) is 5.39. The van der Waals surface area contributed by atoms with E-state index in [-0.39, 0.29) is 6.03 Å². The van der Waals surface area contributed by atoms with Gasteiger partial charge in [-0.1, -0.05) is 23.5 Å². The van der Waals surface area contributed by atoms with Crippen LogP contribution in [0, 0.1) is 6.92 Å². The first-order chi connectivity index (χ1) is 17.5. The van der Waals surface area contributed by atoms with Gasteiger partial charge in [0, 0.05) is 58.7 Å². The second-order valence-corrected chi connectivity index (χ2v) is 9.88. The van der Waals surface area contributed by atoms with Gasteiger partial charge < -0.3 is 20.4 Å². The molecule has 36 heavy (non-hydrogen) atoms. The molecule has 186 valence electrons. The molecule has 1 aromatic carbocycles. The maximum atomic E-state index is 11.8. The summed E-state index contributed by atoms with van der Waals surface area (Å²) in [6.07, 6.45) is 1.82. The van der Waals surface area contributed by atoms with Gasteiger partial charge in [0.05, 0.1) is 0 Å². The Balaban J connectivity index is 1.25. The highest BCUT2D eigenvalue weighted by atomic mass is 32.1. The number of urea groups is 1. The first-order valence-corrected chi connectivity index (χ1v) is 12.8. The maximum Gasteiger partial charge on any atom is 0.317 e. The quantitative estimate of drug-likeness (QED) is 0.405. The third-order valence-corrected chi connectivity index (χ3v) is 7.19. The molecule has 5 rings (SSSR count). The van der Waals surface area contributed by atoms with Crippen LogP contribution in [0.3, 0.4) is 0 Å². The van der Waals surface area contributed by atoms with E-state index >= 15 is 0 Å². The molecular formula is C26H30N8OS. The zero-order valence-electron chi connectivity index (χ0n) is 20.7. The molecule has 0 unspecified atom stereocenters. The van der Waals surface area contributed by atoms with E-state index in [1.54, 1.807) is 7.05 Å². The van der Waals surface area contributed by atoms with Crippen molar-refractivity contribution in [2.75, 3.05) is 50.5 Å². The molecule has 0 bridgehead atoms. The molecule has 2 N–H and O–H groups in total. The van der Waals surface area contributed by atoms with E-state index in [2.05, 4.69) is 62.7 Å². The number of carbonyl (C=O) groups excluding carboxylic acids is 1. The fraction of sp³-hybridized carbons (Fsp3) is 0.308. The normalized spacial score (nSPS) is 14.1. The van der Waals surface area contributed by atoms with Crippen LogP contribution in [-0.2, 0) is 6.54 Å². The molecule has 0 spiro atoms. The second kappa shape index (κ2) is 10.5. The second-order valence-electron chi connectivity index (χ2n) is 8.90. The number of nitrogens with one attached hydrogen (secondary N) is 2. The van der Waals surface area contributed by atoms with Gasteiger partial charge in [-0.25, -0.2) is 19.7 Å². The van der Waals surface area contributed by atoms with E-state index in [4.69, 9.17) is 9.97 Å². The summed E-state index contributed by atoms with van der Waals surface area (Å²) in [5, 5.41) is 6.81. The number of nitrogens with zero attached hydrogens (tertiary/aromatic N) is 6. The molecule has 0 atom stereocenters. The van der Waals surface area contributed by atoms with Crippen molar-refractivity contribution in [3.8, 4) is 0 Å². The zero-order chi connectivity index (χ0) is 25.1. The fourth-order valence-electron chi connectivity index (χ4n) is 4.29. The lowest BCUT2D eigenvalue weighted by Crippen LogP contribution is -2.50. The Kier molecular flexibility index (Phi) is 6.97. The number of pyridine rings is 2. The number of anilines is 4. The van der Waals surface area contributed by atoms with E-state index in [1.165, 1.54) is 22.5 Å². The summed E-state index contributed by atoms with van der Waals surface area (Å²) in [5.41, 5.74) is 4.34. The van der Waals surface area contributed by atoms with E-state index < -0.39 is 0 Å². The number of hydrogen-bond acceptors (Lipinski definition) is 8. The van der Waals surface area contributed by atoms with Crippen molar-refractivity contribution < 1.29 is 4.79 Å². The number of piperazine rings is 1. The third-order valence-electron chi connectivity index (χ3n) is 6.31. The minimum Gasteiger partial charge on any atom is -0.341 e. The first-order valence-electron chi connectivity index (χ1n) is 12.0. The number of carbonyl (C=O) groups is 1. The minimum atomic E-state index is -0.00991. The predicted octanol–water partition coefficient (Wildman–Crippen LogP) is 4.36. The lowest BCUT2D eigenvalue weighted by Gasteiger charge is -2.34. The van der Waals surface area contributed by atoms with Crippen molar-refractivity contribution in [2.45, 2.75) is 13.5 Å². The number of amides is 2. The number of aromatic nitrogens is 3. The van der Waals surface area contributed by atoms with Crippen LogP contribution in [0.25, 0.3) is 10.3 Å². The molecule has 1 aliphatic rings. The van der Waals surface area contributed by atoms with Gasteiger partial charge in [-0.15, -0.1) is 0 Å². The molecule has 0 radical (unpaired) electrons. The van der Waals surface area contributed by atoms with E-state index in [1.807, 2.05) is 36.3 Å². The highest BCUT2D eigenvalue weighted by Crippen LogP contribution is 2.30. The van der Waals surface area contributed by atoms with Gasteiger partial charge in [-0.2, -0.15) is 0 Å². The summed E-state index contributed by atoms with van der Waals surface area (Å²) < 4.78 is 0. The Bertz CT molecular complexity index is 1370. The van der Waals surface area contributed by atoms with E-state index in [0.717, 1.165) is 65.5 Å². The van der Waals surface area contributed by atoms with Crippen molar-refractivity contribution in [1.82, 2.24) is 30.1 Å². The summed E-state index contributed by atoms with van der Waals surface area (Å²) in [5.74, 6) is 1.63. The van der Waals surface area contributed by atoms with Crippen LogP contribution in [-0.4, -0.2) is 71.1 Å². The molecule has 9 nitrogen and oxygen atoms in total. The summed E-state index contributed by atoms with van der Waals surface area (Å²) in [6.45, 7) is 6.06. The van der Waals surface area contributed by atoms with Gasteiger partial charge in [0.2, 0.25) is 0 Å². The molecule has 2 amide bonds. The molecule has 10 heteroatoms. The predicted molar refractivity (Wildman–Crippen MR) is 145 cm³/mol. The number of benzene rings is 1. The smallest absolute Gasteiger partial charge is 0.317 e. The highest BCUT2D eigenvalue weighted by molar-refractivity contribution is 7.21. The van der Waals surface area contributed by atoms with Gasteiger partial charge in [-0.05, 0) is 54.4 Å². The minimum absolute atomic E-state index is 0.00991. The SMILES string of the molecule is CNC(=O)N1CCN(Cc2ccnc(Nc3nc4ccc(N(C)c5cccc(C)c5)nc4s3)c2)CC1. The number of thiazole rings is 1. The number of fused-ring (bicyclic) bond motifs is 1. The molecule has 1 fully saturated rings. The van der Waals surface area contributed by atoms with Crippen molar-refractivity contribution >= 4 is 50.2 Å². The summed E-state index contributed by atoms with van der Waals surface area (Å²) >= 11 is 1.51. The Morgan fingerprint density at radius 1 is 1.08 bits per heavy atom. The van der Waals surface area contributed by atoms with Crippen LogP contribution < -0.4 is 15.5 Å². The maximum absolute atomic E-state index is 11.8. The van der Waals surface area contributed by atoms with Crippen molar-refractivity contribution in [3.63, 3.8) is 0 Å². The summed E-state index contributed by atoms with van der Waals surface area (Å²) in [6, 6.07) is 16.5. The largest absolute Gasteiger partial charge is 0.341 e. The van der Waals surface area contributed by atoms with Crippen LogP contribution in [0.5, 0.6) is 0 Å². The van der Waals surface area contributed by atoms with Crippen LogP contribution in [0.15, 0.2) is 54.7 Å². The first kappa shape index (κ1) is 24.0. The topological polar surface area (TPSA) is 89.5 Å². The Morgan fingerprint density at radius 2 is 1.92 bits per heavy atom. The van der Waals surface area contributed by atoms with Gasteiger partial charge in [0.15, 0.2) is 5.13 Å². The lowest BCUT2D eigenvalue weighted by molar-refractivity contribution is 0.136. The van der Waals surface area contributed by atoms with Crippen LogP contribution in [0.4, 0.5) is 27.2 Å². The Hall–Kier alpha value is -3.76. The summed E-state index contributed by atoms with van der Waals surface area (Å²) in [7, 11) is 3.70. The van der Waals surface area contributed by atoms with Gasteiger partial charge in [-0.3, -0.25) is 4.90 Å². The van der Waals surface area contributed by atoms with Gasteiger partial charge in [0.25, 0.3) is 0 Å². The molecular weight excluding hydrogens is 472 g/mol. The number of hydrogen-bond donors (Lipinski definition) is 2. The fourth-order valence-corrected chi connectivity index (χ4v) is 5.13. The molecule has 4 heterocycles. The van der Waals surface area contributed by atoms with Crippen LogP contribution in [0.1, 0.15) is 11.1 Å². The van der Waals surface area contributed by atoms with Gasteiger partial charge >= 0.3 is 6.03 Å². The van der Waals surface area contributed by atoms with Crippen LogP contribution >= 0.6 is 11.3 Å². The standard InChI is InChI=1S/C26H30N8OS/c1-18-5-4-6-20(15-18)32(3)23-8-7-21-24(31-23)36-25(29-21)30-22-16-19(9-10-28-22)17-33-11-13-34(14-12-33)26(35)27-2/h4-10,15-16H,11-14,17H2,1-3H3,(H,27,35)(H,28,29,30). The number of aryl methyl sites for hydroxylation is 1. The molecule has 0 aliphatic carbocycles. The molecule has 0 saturated carbocycles. The summed E-state index contributed by atoms with van der Waals surface area (Å²) in [4.78, 5) is 33.0. The average Bonchev–Trinajstić information content (AvgIpc) is 3.30. The van der Waals surface area contributed by atoms with Crippen LogP contribution in [0.2, 0.25) is 0 Å². The van der Waals surface area contributed by atoms with Crippen molar-refractivity contribution in [3.05, 3.63) is 65.9 Å². The number of rotatable bonds is 6. The average molecular weight is 503 g/mol. The van der Waals surface area contributed by atoms with E-state index in [0.29, 0.717) is 0 Å². The molecule has 1 aliphatic heterocycles. The lowest BCUT2D eigenvalue weighted by atomic mass is 10.2. The monoisotopic (exact) mass is 502 g/mol. The Labute approximate surface area is 214 Å². The molecule has 1 saturated heterocycles. The molecule has 3 aromatic heterocycles. The Morgan fingerprint density at radius 3 is 2.69 bits per heavy atom. The van der Waals surface area contributed by atoms with Crippen molar-refractivity contribution in [2.24, 2.45) is 0 Å². The van der Waals surface area contributed by atoms with E-state index in [9.17, 15) is 4.79 Å².